The SMILES string of the molecule is CCN1CCN(c2cc3c(cc2F)c(=O)c(C(=O)NCc2ccco2)cn3C2CC2)CC1. The van der Waals surface area contributed by atoms with E-state index in [1.165, 1.54) is 12.3 Å². The first kappa shape index (κ1) is 20.8. The van der Waals surface area contributed by atoms with Crippen molar-refractivity contribution in [3.63, 3.8) is 0 Å². The summed E-state index contributed by atoms with van der Waals surface area (Å²) in [6.07, 6.45) is 5.12. The minimum Gasteiger partial charge on any atom is -0.467 e. The number of furan rings is 1. The molecule has 2 fully saturated rings. The number of benzene rings is 1. The van der Waals surface area contributed by atoms with Gasteiger partial charge in [0.25, 0.3) is 5.91 Å². The molecule has 5 rings (SSSR count). The minimum absolute atomic E-state index is 0.0275. The van der Waals surface area contributed by atoms with Crippen LogP contribution < -0.4 is 15.6 Å². The zero-order chi connectivity index (χ0) is 22.2. The van der Waals surface area contributed by atoms with E-state index in [2.05, 4.69) is 17.1 Å². The van der Waals surface area contributed by atoms with Gasteiger partial charge in [-0.15, -0.1) is 0 Å². The van der Waals surface area contributed by atoms with Gasteiger partial charge < -0.3 is 24.1 Å². The molecule has 0 atom stereocenters. The molecule has 7 nitrogen and oxygen atoms in total. The number of carbonyl (C=O) groups excluding carboxylic acids is 1. The number of likely N-dealkylation sites (N-methyl/N-ethyl adjacent to an activating group) is 1. The molecular formula is C24H27FN4O3. The van der Waals surface area contributed by atoms with Gasteiger partial charge >= 0.3 is 0 Å². The van der Waals surface area contributed by atoms with Crippen molar-refractivity contribution in [1.82, 2.24) is 14.8 Å². The number of pyridine rings is 1. The van der Waals surface area contributed by atoms with Gasteiger partial charge in [-0.25, -0.2) is 4.39 Å². The molecule has 0 unspecified atom stereocenters. The van der Waals surface area contributed by atoms with Crippen LogP contribution in [0.2, 0.25) is 0 Å². The van der Waals surface area contributed by atoms with E-state index in [0.29, 0.717) is 17.0 Å². The van der Waals surface area contributed by atoms with E-state index in [-0.39, 0.29) is 23.5 Å². The third kappa shape index (κ3) is 3.90. The Kier molecular flexibility index (Phi) is 5.46. The molecule has 2 aromatic heterocycles. The monoisotopic (exact) mass is 438 g/mol. The van der Waals surface area contributed by atoms with E-state index in [1.807, 2.05) is 9.47 Å². The maximum Gasteiger partial charge on any atom is 0.257 e. The van der Waals surface area contributed by atoms with Crippen LogP contribution in [0, 0.1) is 5.82 Å². The Morgan fingerprint density at radius 2 is 2.00 bits per heavy atom. The number of hydrogen-bond acceptors (Lipinski definition) is 5. The van der Waals surface area contributed by atoms with Crippen LogP contribution in [0.4, 0.5) is 10.1 Å². The fraction of sp³-hybridized carbons (Fsp3) is 0.417. The third-order valence-electron chi connectivity index (χ3n) is 6.45. The Balaban J connectivity index is 1.51. The highest BCUT2D eigenvalue weighted by Gasteiger charge is 2.28. The molecule has 1 aliphatic heterocycles. The second kappa shape index (κ2) is 8.43. The van der Waals surface area contributed by atoms with Crippen LogP contribution in [0.3, 0.4) is 0 Å². The lowest BCUT2D eigenvalue weighted by atomic mass is 10.1. The van der Waals surface area contributed by atoms with Crippen LogP contribution >= 0.6 is 0 Å². The number of anilines is 1. The molecule has 8 heteroatoms. The maximum atomic E-state index is 15.2. The third-order valence-corrected chi connectivity index (χ3v) is 6.45. The van der Waals surface area contributed by atoms with E-state index in [1.54, 1.807) is 24.4 Å². The number of carbonyl (C=O) groups is 1. The Morgan fingerprint density at radius 1 is 1.22 bits per heavy atom. The lowest BCUT2D eigenvalue weighted by molar-refractivity contribution is 0.0946. The molecule has 3 heterocycles. The maximum absolute atomic E-state index is 15.2. The highest BCUT2D eigenvalue weighted by molar-refractivity contribution is 5.97. The van der Waals surface area contributed by atoms with Gasteiger partial charge in [0.05, 0.1) is 24.0 Å². The van der Waals surface area contributed by atoms with Gasteiger partial charge in [0.1, 0.15) is 17.1 Å². The molecule has 1 aromatic carbocycles. The van der Waals surface area contributed by atoms with Crippen molar-refractivity contribution < 1.29 is 13.6 Å². The number of nitrogens with one attached hydrogen (secondary N) is 1. The number of hydrogen-bond donors (Lipinski definition) is 1. The molecule has 32 heavy (non-hydrogen) atoms. The number of piperazine rings is 1. The van der Waals surface area contributed by atoms with Crippen molar-refractivity contribution in [1.29, 1.82) is 0 Å². The van der Waals surface area contributed by atoms with Gasteiger partial charge in [-0.1, -0.05) is 6.92 Å². The van der Waals surface area contributed by atoms with Gasteiger partial charge in [-0.3, -0.25) is 9.59 Å². The molecule has 0 bridgehead atoms. The predicted molar refractivity (Wildman–Crippen MR) is 121 cm³/mol. The number of rotatable bonds is 6. The van der Waals surface area contributed by atoms with Crippen LogP contribution in [0.25, 0.3) is 10.9 Å². The predicted octanol–water partition coefficient (Wildman–Crippen LogP) is 3.14. The number of nitrogens with zero attached hydrogens (tertiary/aromatic N) is 3. The van der Waals surface area contributed by atoms with Crippen LogP contribution in [0.5, 0.6) is 0 Å². The molecule has 0 spiro atoms. The van der Waals surface area contributed by atoms with E-state index in [4.69, 9.17) is 4.42 Å². The summed E-state index contributed by atoms with van der Waals surface area (Å²) in [6.45, 7) is 6.57. The number of halogens is 1. The fourth-order valence-corrected chi connectivity index (χ4v) is 4.40. The van der Waals surface area contributed by atoms with E-state index in [9.17, 15) is 9.59 Å². The van der Waals surface area contributed by atoms with E-state index < -0.39 is 17.2 Å². The van der Waals surface area contributed by atoms with E-state index in [0.717, 1.165) is 45.6 Å². The average Bonchev–Trinajstić information content (AvgIpc) is 3.52. The smallest absolute Gasteiger partial charge is 0.257 e. The summed E-state index contributed by atoms with van der Waals surface area (Å²) < 4.78 is 22.4. The average molecular weight is 439 g/mol. The Labute approximate surface area is 185 Å². The molecule has 1 amide bonds. The van der Waals surface area contributed by atoms with Crippen molar-refractivity contribution in [2.24, 2.45) is 0 Å². The van der Waals surface area contributed by atoms with Gasteiger partial charge in [0.15, 0.2) is 0 Å². The molecule has 168 valence electrons. The topological polar surface area (TPSA) is 70.7 Å². The number of amides is 1. The van der Waals surface area contributed by atoms with Gasteiger partial charge in [0.2, 0.25) is 5.43 Å². The zero-order valence-electron chi connectivity index (χ0n) is 18.1. The van der Waals surface area contributed by atoms with Crippen LogP contribution in [0.15, 0.2) is 45.9 Å². The molecule has 2 aliphatic rings. The van der Waals surface area contributed by atoms with Gasteiger partial charge in [-0.2, -0.15) is 0 Å². The highest BCUT2D eigenvalue weighted by Crippen LogP contribution is 2.38. The number of aromatic nitrogens is 1. The molecule has 1 saturated carbocycles. The normalized spacial score (nSPS) is 17.1. The molecule has 1 aliphatic carbocycles. The van der Waals surface area contributed by atoms with Crippen molar-refractivity contribution in [3.8, 4) is 0 Å². The minimum atomic E-state index is -0.483. The molecule has 1 saturated heterocycles. The molecule has 0 radical (unpaired) electrons. The summed E-state index contributed by atoms with van der Waals surface area (Å²) in [5.74, 6) is -0.307. The molecular weight excluding hydrogens is 411 g/mol. The lowest BCUT2D eigenvalue weighted by Crippen LogP contribution is -2.46. The van der Waals surface area contributed by atoms with E-state index >= 15 is 4.39 Å². The first-order chi connectivity index (χ1) is 15.5. The second-order valence-corrected chi connectivity index (χ2v) is 8.51. The van der Waals surface area contributed by atoms with Crippen molar-refractivity contribution >= 4 is 22.5 Å². The summed E-state index contributed by atoms with van der Waals surface area (Å²) in [7, 11) is 0. The summed E-state index contributed by atoms with van der Waals surface area (Å²) in [5, 5.41) is 2.97. The Morgan fingerprint density at radius 3 is 2.66 bits per heavy atom. The quantitative estimate of drug-likeness (QED) is 0.640. The highest BCUT2D eigenvalue weighted by atomic mass is 19.1. The summed E-state index contributed by atoms with van der Waals surface area (Å²) in [4.78, 5) is 30.3. The molecule has 3 aromatic rings. The lowest BCUT2D eigenvalue weighted by Gasteiger charge is -2.35. The first-order valence-electron chi connectivity index (χ1n) is 11.2. The van der Waals surface area contributed by atoms with Crippen LogP contribution in [-0.4, -0.2) is 48.1 Å². The Hall–Kier alpha value is -3.13. The summed E-state index contributed by atoms with van der Waals surface area (Å²) in [5.41, 5.74) is 0.793. The summed E-state index contributed by atoms with van der Waals surface area (Å²) in [6, 6.07) is 6.81. The van der Waals surface area contributed by atoms with Gasteiger partial charge in [-0.05, 0) is 43.7 Å². The van der Waals surface area contributed by atoms with Crippen LogP contribution in [0.1, 0.15) is 41.9 Å². The fourth-order valence-electron chi connectivity index (χ4n) is 4.40. The largest absolute Gasteiger partial charge is 0.467 e. The van der Waals surface area contributed by atoms with Crippen LogP contribution in [-0.2, 0) is 6.54 Å². The van der Waals surface area contributed by atoms with Crippen molar-refractivity contribution in [2.45, 2.75) is 32.4 Å². The van der Waals surface area contributed by atoms with Gasteiger partial charge in [0, 0.05) is 43.8 Å². The van der Waals surface area contributed by atoms with Crippen molar-refractivity contribution in [3.05, 3.63) is 64.1 Å². The summed E-state index contributed by atoms with van der Waals surface area (Å²) >= 11 is 0. The Bertz CT molecular complexity index is 1190. The zero-order valence-corrected chi connectivity index (χ0v) is 18.1. The first-order valence-corrected chi connectivity index (χ1v) is 11.2. The number of fused-ring (bicyclic) bond motifs is 1. The standard InChI is InChI=1S/C24H27FN4O3/c1-2-27-7-9-28(10-8-27)22-13-21-18(12-20(22)25)23(30)19(15-29(21)16-5-6-16)24(31)26-14-17-4-3-11-32-17/h3-4,11-13,15-16H,2,5-10,14H2,1H3,(H,26,31). The molecule has 1 N–H and O–H groups in total. The van der Waals surface area contributed by atoms with Crippen molar-refractivity contribution in [2.75, 3.05) is 37.6 Å². The second-order valence-electron chi connectivity index (χ2n) is 8.51.